The molecular formula is C26H25N3O4. The van der Waals surface area contributed by atoms with E-state index in [0.29, 0.717) is 25.3 Å². The van der Waals surface area contributed by atoms with Gasteiger partial charge in [-0.25, -0.2) is 0 Å². The highest BCUT2D eigenvalue weighted by Gasteiger charge is 2.67. The monoisotopic (exact) mass is 443 g/mol. The van der Waals surface area contributed by atoms with Crippen molar-refractivity contribution in [1.82, 2.24) is 10.3 Å². The van der Waals surface area contributed by atoms with Crippen molar-refractivity contribution in [1.29, 1.82) is 0 Å². The number of H-pyrrole nitrogens is 1. The van der Waals surface area contributed by atoms with Crippen LogP contribution in [0.4, 0.5) is 5.69 Å². The minimum Gasteiger partial charge on any atom is -0.497 e. The number of aromatic nitrogens is 1. The molecule has 6 rings (SSSR count). The molecule has 168 valence electrons. The van der Waals surface area contributed by atoms with Gasteiger partial charge in [0.2, 0.25) is 11.8 Å². The van der Waals surface area contributed by atoms with E-state index in [1.807, 2.05) is 60.8 Å². The van der Waals surface area contributed by atoms with Gasteiger partial charge in [0.15, 0.2) is 0 Å². The topological polar surface area (TPSA) is 83.7 Å². The molecule has 3 aliphatic rings. The number of benzene rings is 2. The number of anilines is 1. The molecule has 2 bridgehead atoms. The van der Waals surface area contributed by atoms with Gasteiger partial charge in [0.05, 0.1) is 31.6 Å². The Balaban J connectivity index is 1.18. The molecule has 4 heterocycles. The first-order valence-electron chi connectivity index (χ1n) is 11.2. The van der Waals surface area contributed by atoms with E-state index in [1.165, 1.54) is 0 Å². The van der Waals surface area contributed by atoms with Gasteiger partial charge in [0, 0.05) is 35.4 Å². The summed E-state index contributed by atoms with van der Waals surface area (Å²) in [6.45, 7) is 0.900. The van der Waals surface area contributed by atoms with Crippen LogP contribution in [0.15, 0.2) is 66.9 Å². The lowest BCUT2D eigenvalue weighted by Crippen LogP contribution is -2.44. The predicted octanol–water partition coefficient (Wildman–Crippen LogP) is 2.82. The van der Waals surface area contributed by atoms with Crippen molar-refractivity contribution in [3.63, 3.8) is 0 Å². The van der Waals surface area contributed by atoms with Crippen molar-refractivity contribution in [3.8, 4) is 5.75 Å². The maximum absolute atomic E-state index is 13.5. The van der Waals surface area contributed by atoms with Crippen LogP contribution in [0.1, 0.15) is 5.56 Å². The molecule has 2 amide bonds. The van der Waals surface area contributed by atoms with Crippen molar-refractivity contribution in [2.75, 3.05) is 25.1 Å². The largest absolute Gasteiger partial charge is 0.497 e. The fourth-order valence-corrected chi connectivity index (χ4v) is 5.57. The lowest BCUT2D eigenvalue weighted by atomic mass is 9.77. The average molecular weight is 444 g/mol. The number of hydrogen-bond donors (Lipinski definition) is 2. The Bertz CT molecular complexity index is 1280. The Morgan fingerprint density at radius 3 is 3.03 bits per heavy atom. The van der Waals surface area contributed by atoms with Crippen LogP contribution in [0, 0.1) is 11.8 Å². The summed E-state index contributed by atoms with van der Waals surface area (Å²) in [4.78, 5) is 31.7. The van der Waals surface area contributed by atoms with E-state index < -0.39 is 17.4 Å². The number of nitrogens with zero attached hydrogens (tertiary/aromatic N) is 1. The number of para-hydroxylation sites is 1. The summed E-state index contributed by atoms with van der Waals surface area (Å²) in [6.07, 6.45) is 6.24. The van der Waals surface area contributed by atoms with Crippen LogP contribution in [0.25, 0.3) is 10.9 Å². The summed E-state index contributed by atoms with van der Waals surface area (Å²) < 4.78 is 11.6. The van der Waals surface area contributed by atoms with Crippen LogP contribution in [0.3, 0.4) is 0 Å². The summed E-state index contributed by atoms with van der Waals surface area (Å²) >= 11 is 0. The number of methoxy groups -OCH3 is 1. The van der Waals surface area contributed by atoms with E-state index in [9.17, 15) is 9.59 Å². The predicted molar refractivity (Wildman–Crippen MR) is 124 cm³/mol. The first kappa shape index (κ1) is 20.1. The van der Waals surface area contributed by atoms with Gasteiger partial charge in [-0.1, -0.05) is 36.4 Å². The molecule has 7 nitrogen and oxygen atoms in total. The van der Waals surface area contributed by atoms with Gasteiger partial charge in [0.1, 0.15) is 11.4 Å². The Morgan fingerprint density at radius 2 is 2.15 bits per heavy atom. The highest BCUT2D eigenvalue weighted by molar-refractivity contribution is 6.03. The van der Waals surface area contributed by atoms with Crippen LogP contribution in [0.5, 0.6) is 5.75 Å². The second-order valence-corrected chi connectivity index (χ2v) is 8.93. The van der Waals surface area contributed by atoms with Crippen LogP contribution < -0.4 is 15.0 Å². The molecular weight excluding hydrogens is 418 g/mol. The quantitative estimate of drug-likeness (QED) is 0.574. The minimum atomic E-state index is -0.746. The van der Waals surface area contributed by atoms with Crippen LogP contribution in [-0.4, -0.2) is 48.7 Å². The van der Waals surface area contributed by atoms with Gasteiger partial charge < -0.3 is 24.7 Å². The number of nitrogens with one attached hydrogen (secondary N) is 2. The van der Waals surface area contributed by atoms with Crippen molar-refractivity contribution < 1.29 is 19.1 Å². The van der Waals surface area contributed by atoms with Gasteiger partial charge in [-0.05, 0) is 30.2 Å². The molecule has 4 atom stereocenters. The summed E-state index contributed by atoms with van der Waals surface area (Å²) in [5, 5.41) is 4.22. The van der Waals surface area contributed by atoms with Crippen molar-refractivity contribution >= 4 is 28.4 Å². The zero-order valence-corrected chi connectivity index (χ0v) is 18.3. The fourth-order valence-electron chi connectivity index (χ4n) is 5.57. The van der Waals surface area contributed by atoms with E-state index in [1.54, 1.807) is 12.0 Å². The first-order valence-corrected chi connectivity index (χ1v) is 11.2. The SMILES string of the molecule is COc1cccc(N2C[C@]34C=C[C@@H](O3)[C@H](C(=O)NCCc3c[nH]c5ccccc35)[C@@H]4C2=O)c1. The average Bonchev–Trinajstić information content (AvgIpc) is 3.59. The number of carbonyl (C=O) groups excluding carboxylic acids is 2. The lowest BCUT2D eigenvalue weighted by molar-refractivity contribution is -0.131. The van der Waals surface area contributed by atoms with Gasteiger partial charge in [-0.3, -0.25) is 9.59 Å². The molecule has 0 aliphatic carbocycles. The Kier molecular flexibility index (Phi) is 4.55. The summed E-state index contributed by atoms with van der Waals surface area (Å²) in [5.41, 5.74) is 2.25. The molecule has 1 spiro atoms. The molecule has 3 aliphatic heterocycles. The number of fused-ring (bicyclic) bond motifs is 2. The highest BCUT2D eigenvalue weighted by Crippen LogP contribution is 2.52. The van der Waals surface area contributed by atoms with Gasteiger partial charge >= 0.3 is 0 Å². The molecule has 2 saturated heterocycles. The number of hydrogen-bond acceptors (Lipinski definition) is 4. The van der Waals surface area contributed by atoms with Gasteiger partial charge in [-0.15, -0.1) is 0 Å². The second kappa shape index (κ2) is 7.49. The van der Waals surface area contributed by atoms with E-state index in [4.69, 9.17) is 9.47 Å². The third-order valence-corrected chi connectivity index (χ3v) is 7.14. The van der Waals surface area contributed by atoms with Gasteiger partial charge in [0.25, 0.3) is 0 Å². The molecule has 33 heavy (non-hydrogen) atoms. The first-order chi connectivity index (χ1) is 16.1. The van der Waals surface area contributed by atoms with E-state index in [-0.39, 0.29) is 17.9 Å². The minimum absolute atomic E-state index is 0.0770. The van der Waals surface area contributed by atoms with E-state index >= 15 is 0 Å². The number of ether oxygens (including phenoxy) is 2. The van der Waals surface area contributed by atoms with Crippen LogP contribution in [0.2, 0.25) is 0 Å². The molecule has 3 aromatic rings. The molecule has 0 radical (unpaired) electrons. The van der Waals surface area contributed by atoms with Crippen LogP contribution in [-0.2, 0) is 20.7 Å². The van der Waals surface area contributed by atoms with Crippen molar-refractivity contribution in [3.05, 3.63) is 72.4 Å². The molecule has 1 aromatic heterocycles. The molecule has 2 N–H and O–H groups in total. The van der Waals surface area contributed by atoms with E-state index in [2.05, 4.69) is 16.4 Å². The maximum atomic E-state index is 13.5. The number of aromatic amines is 1. The fraction of sp³-hybridized carbons (Fsp3) is 0.308. The Morgan fingerprint density at radius 1 is 1.27 bits per heavy atom. The second-order valence-electron chi connectivity index (χ2n) is 8.93. The lowest BCUT2D eigenvalue weighted by Gasteiger charge is -2.23. The van der Waals surface area contributed by atoms with E-state index in [0.717, 1.165) is 22.2 Å². The maximum Gasteiger partial charge on any atom is 0.234 e. The molecule has 0 saturated carbocycles. The molecule has 7 heteroatoms. The number of amides is 2. The smallest absolute Gasteiger partial charge is 0.234 e. The standard InChI is InChI=1S/C26H25N3O4/c1-32-18-6-4-5-17(13-18)29-15-26-11-9-21(33-26)22(23(26)25(29)31)24(30)27-12-10-16-14-28-20-8-3-2-7-19(16)20/h2-9,11,13-14,21-23,28H,10,12,15H2,1H3,(H,27,30)/t21-,22+,23-,26+/m1/s1. The molecule has 2 fully saturated rings. The molecule has 0 unspecified atom stereocenters. The van der Waals surface area contributed by atoms with Crippen molar-refractivity contribution in [2.45, 2.75) is 18.1 Å². The van der Waals surface area contributed by atoms with Crippen molar-refractivity contribution in [2.24, 2.45) is 11.8 Å². The zero-order chi connectivity index (χ0) is 22.6. The number of carbonyl (C=O) groups is 2. The van der Waals surface area contributed by atoms with Gasteiger partial charge in [-0.2, -0.15) is 0 Å². The Hall–Kier alpha value is -3.58. The number of rotatable bonds is 6. The third-order valence-electron chi connectivity index (χ3n) is 7.14. The zero-order valence-electron chi connectivity index (χ0n) is 18.3. The highest BCUT2D eigenvalue weighted by atomic mass is 16.5. The van der Waals surface area contributed by atoms with Crippen LogP contribution >= 0.6 is 0 Å². The molecule has 2 aromatic carbocycles. The normalized spacial score (nSPS) is 27.4. The summed E-state index contributed by atoms with van der Waals surface area (Å²) in [6, 6.07) is 15.5. The Labute approximate surface area is 191 Å². The third kappa shape index (κ3) is 3.07. The summed E-state index contributed by atoms with van der Waals surface area (Å²) in [5.74, 6) is -0.571. The summed E-state index contributed by atoms with van der Waals surface area (Å²) in [7, 11) is 1.60.